The van der Waals surface area contributed by atoms with Gasteiger partial charge in [0.1, 0.15) is 23.8 Å². The molecule has 1 aromatic carbocycles. The van der Waals surface area contributed by atoms with Gasteiger partial charge in [-0.15, -0.1) is 0 Å². The summed E-state index contributed by atoms with van der Waals surface area (Å²) in [5, 5.41) is 14.1. The van der Waals surface area contributed by atoms with Gasteiger partial charge >= 0.3 is 12.1 Å². The molecule has 4 bridgehead atoms. The average molecular weight is 514 g/mol. The molecule has 0 aromatic heterocycles. The molecule has 0 radical (unpaired) electrons. The standard InChI is InChI=1S/C26H31N3O8/c1-5-36-24(34)27-21(31)26-16-10-11-25(17-8-6-7-9-18(17)29(13-35-4)22(25)32)20(26)19(28(3)23(26)33)15(16)12-37-14(2)30/h6-11,15-16,19-21,31H,5,12-13H2,1-4H3,(H,27,34)/t15-,16+,19-,20+,21?,25+,26-/m0/s1. The van der Waals surface area contributed by atoms with Crippen molar-refractivity contribution in [3.8, 4) is 0 Å². The number of benzene rings is 1. The number of esters is 1. The maximum atomic E-state index is 14.3. The Hall–Kier alpha value is -3.44. The zero-order chi connectivity index (χ0) is 26.7. The van der Waals surface area contributed by atoms with Gasteiger partial charge in [-0.25, -0.2) is 4.79 Å². The highest BCUT2D eigenvalue weighted by Gasteiger charge is 2.81. The molecular formula is C26H31N3O8. The monoisotopic (exact) mass is 513 g/mol. The fourth-order valence-corrected chi connectivity index (χ4v) is 7.35. The molecule has 1 aromatic rings. The summed E-state index contributed by atoms with van der Waals surface area (Å²) in [4.78, 5) is 55.5. The second kappa shape index (κ2) is 8.84. The first-order valence-electron chi connectivity index (χ1n) is 12.3. The van der Waals surface area contributed by atoms with Crippen LogP contribution in [0.15, 0.2) is 36.4 Å². The molecule has 2 fully saturated rings. The Balaban J connectivity index is 1.72. The smallest absolute Gasteiger partial charge is 0.409 e. The van der Waals surface area contributed by atoms with Crippen molar-refractivity contribution in [1.29, 1.82) is 0 Å². The van der Waals surface area contributed by atoms with Crippen LogP contribution in [-0.2, 0) is 34.0 Å². The summed E-state index contributed by atoms with van der Waals surface area (Å²) >= 11 is 0. The largest absolute Gasteiger partial charge is 0.465 e. The maximum absolute atomic E-state index is 14.3. The van der Waals surface area contributed by atoms with Gasteiger partial charge in [0, 0.05) is 44.9 Å². The van der Waals surface area contributed by atoms with E-state index in [-0.39, 0.29) is 25.9 Å². The zero-order valence-electron chi connectivity index (χ0n) is 21.2. The lowest BCUT2D eigenvalue weighted by molar-refractivity contribution is -0.157. The van der Waals surface area contributed by atoms with Crippen LogP contribution < -0.4 is 10.2 Å². The number of amides is 3. The average Bonchev–Trinajstić information content (AvgIpc) is 3.32. The molecule has 2 aliphatic carbocycles. The van der Waals surface area contributed by atoms with Gasteiger partial charge in [0.05, 0.1) is 18.9 Å². The summed E-state index contributed by atoms with van der Waals surface area (Å²) in [6.07, 6.45) is 1.06. The van der Waals surface area contributed by atoms with Crippen molar-refractivity contribution >= 4 is 29.6 Å². The number of para-hydroxylation sites is 1. The number of aliphatic hydroxyl groups is 1. The number of allylic oxidation sites excluding steroid dienone is 1. The number of nitrogens with one attached hydrogen (secondary N) is 1. The predicted octanol–water partition coefficient (Wildman–Crippen LogP) is 0.762. The lowest BCUT2D eigenvalue weighted by atomic mass is 9.55. The summed E-state index contributed by atoms with van der Waals surface area (Å²) in [6, 6.07) is 6.74. The Kier molecular flexibility index (Phi) is 6.03. The van der Waals surface area contributed by atoms with E-state index in [2.05, 4.69) is 5.32 Å². The second-order valence-electron chi connectivity index (χ2n) is 9.97. The molecule has 1 saturated heterocycles. The van der Waals surface area contributed by atoms with Crippen LogP contribution in [-0.4, -0.2) is 80.3 Å². The van der Waals surface area contributed by atoms with E-state index in [0.717, 1.165) is 0 Å². The van der Waals surface area contributed by atoms with Crippen molar-refractivity contribution in [2.75, 3.05) is 39.0 Å². The first-order valence-corrected chi connectivity index (χ1v) is 12.3. The zero-order valence-corrected chi connectivity index (χ0v) is 21.2. The van der Waals surface area contributed by atoms with E-state index in [1.807, 2.05) is 30.3 Å². The fourth-order valence-electron chi connectivity index (χ4n) is 7.35. The Morgan fingerprint density at radius 2 is 1.92 bits per heavy atom. The van der Waals surface area contributed by atoms with Gasteiger partial charge in [0.25, 0.3) is 0 Å². The number of carbonyl (C=O) groups excluding carboxylic acids is 4. The van der Waals surface area contributed by atoms with Gasteiger partial charge in [-0.2, -0.15) is 0 Å². The van der Waals surface area contributed by atoms with Crippen molar-refractivity contribution in [2.45, 2.75) is 31.5 Å². The number of rotatable bonds is 7. The Bertz CT molecular complexity index is 1190. The summed E-state index contributed by atoms with van der Waals surface area (Å²) in [5.74, 6) is -2.95. The van der Waals surface area contributed by atoms with E-state index >= 15 is 0 Å². The quantitative estimate of drug-likeness (QED) is 0.310. The lowest BCUT2D eigenvalue weighted by Gasteiger charge is -2.47. The third kappa shape index (κ3) is 3.13. The maximum Gasteiger partial charge on any atom is 0.409 e. The number of likely N-dealkylation sites (tertiary alicyclic amines) is 1. The molecule has 11 nitrogen and oxygen atoms in total. The van der Waals surface area contributed by atoms with Crippen LogP contribution >= 0.6 is 0 Å². The lowest BCUT2D eigenvalue weighted by Crippen LogP contribution is -2.63. The number of piperidine rings is 1. The highest BCUT2D eigenvalue weighted by molar-refractivity contribution is 6.11. The van der Waals surface area contributed by atoms with Crippen molar-refractivity contribution < 1.29 is 38.5 Å². The molecule has 2 heterocycles. The van der Waals surface area contributed by atoms with E-state index in [0.29, 0.717) is 11.3 Å². The number of hydrogen-bond donors (Lipinski definition) is 2. The molecule has 198 valence electrons. The molecule has 1 unspecified atom stereocenters. The number of nitrogens with zero attached hydrogens (tertiary/aromatic N) is 2. The molecule has 37 heavy (non-hydrogen) atoms. The summed E-state index contributed by atoms with van der Waals surface area (Å²) in [6.45, 7) is 3.00. The van der Waals surface area contributed by atoms with Crippen molar-refractivity contribution in [3.63, 3.8) is 0 Å². The molecule has 4 aliphatic rings. The highest BCUT2D eigenvalue weighted by Crippen LogP contribution is 2.70. The summed E-state index contributed by atoms with van der Waals surface area (Å²) < 4.78 is 15.7. The van der Waals surface area contributed by atoms with Crippen molar-refractivity contribution in [1.82, 2.24) is 10.2 Å². The third-order valence-corrected chi connectivity index (χ3v) is 8.46. The number of anilines is 1. The SMILES string of the molecule is CCOC(=O)NC(O)[C@]12C(=O)N(C)[C@H]3[C@@H](COC(C)=O)[C@H]1C=C[C@]1(C(=O)N(COC)c4ccccc41)[C@@H]32. The van der Waals surface area contributed by atoms with E-state index in [9.17, 15) is 24.3 Å². The summed E-state index contributed by atoms with van der Waals surface area (Å²) in [7, 11) is 3.11. The van der Waals surface area contributed by atoms with Crippen LogP contribution in [0.1, 0.15) is 19.4 Å². The Morgan fingerprint density at radius 3 is 2.59 bits per heavy atom. The molecule has 1 saturated carbocycles. The molecule has 5 rings (SSSR count). The highest BCUT2D eigenvalue weighted by atomic mass is 16.6. The van der Waals surface area contributed by atoms with Gasteiger partial charge < -0.3 is 24.2 Å². The molecule has 2 aliphatic heterocycles. The van der Waals surface area contributed by atoms with Crippen LogP contribution in [0.2, 0.25) is 0 Å². The summed E-state index contributed by atoms with van der Waals surface area (Å²) in [5.41, 5.74) is -1.58. The van der Waals surface area contributed by atoms with Gasteiger partial charge in [-0.1, -0.05) is 30.4 Å². The minimum atomic E-state index is -1.66. The Morgan fingerprint density at radius 1 is 1.19 bits per heavy atom. The normalized spacial score (nSPS) is 33.6. The minimum Gasteiger partial charge on any atom is -0.465 e. The van der Waals surface area contributed by atoms with Crippen LogP contribution in [0.25, 0.3) is 0 Å². The van der Waals surface area contributed by atoms with Gasteiger partial charge in [0.2, 0.25) is 11.8 Å². The van der Waals surface area contributed by atoms with Crippen LogP contribution in [0.5, 0.6) is 0 Å². The van der Waals surface area contributed by atoms with Crippen molar-refractivity contribution in [3.05, 3.63) is 42.0 Å². The predicted molar refractivity (Wildman–Crippen MR) is 129 cm³/mol. The molecule has 7 atom stereocenters. The van der Waals surface area contributed by atoms with E-state index in [1.54, 1.807) is 20.0 Å². The molecule has 11 heteroatoms. The van der Waals surface area contributed by atoms with Crippen LogP contribution in [0.3, 0.4) is 0 Å². The fraction of sp³-hybridized carbons (Fsp3) is 0.538. The first kappa shape index (κ1) is 25.2. The van der Waals surface area contributed by atoms with Gasteiger partial charge in [0.15, 0.2) is 0 Å². The third-order valence-electron chi connectivity index (χ3n) is 8.46. The number of aliphatic hydroxyl groups excluding tert-OH is 1. The van der Waals surface area contributed by atoms with Crippen LogP contribution in [0.4, 0.5) is 10.5 Å². The number of carbonyl (C=O) groups is 4. The van der Waals surface area contributed by atoms with E-state index < -0.39 is 58.8 Å². The van der Waals surface area contributed by atoms with Gasteiger partial charge in [-0.3, -0.25) is 24.6 Å². The topological polar surface area (TPSA) is 135 Å². The van der Waals surface area contributed by atoms with Crippen LogP contribution in [0, 0.1) is 23.2 Å². The number of alkyl carbamates (subject to hydrolysis) is 1. The van der Waals surface area contributed by atoms with E-state index in [1.165, 1.54) is 23.8 Å². The van der Waals surface area contributed by atoms with Crippen molar-refractivity contribution in [2.24, 2.45) is 23.2 Å². The number of methoxy groups -OCH3 is 1. The van der Waals surface area contributed by atoms with E-state index in [4.69, 9.17) is 14.2 Å². The Labute approximate surface area is 214 Å². The molecule has 3 amide bonds. The molecule has 1 spiro atoms. The minimum absolute atomic E-state index is 0.00352. The number of ether oxygens (including phenoxy) is 3. The second-order valence-corrected chi connectivity index (χ2v) is 9.97. The van der Waals surface area contributed by atoms with Gasteiger partial charge in [-0.05, 0) is 18.6 Å². The molecular weight excluding hydrogens is 482 g/mol. The number of hydrogen-bond acceptors (Lipinski definition) is 8. The first-order chi connectivity index (χ1) is 17.7. The number of fused-ring (bicyclic) bond motifs is 2. The molecule has 2 N–H and O–H groups in total.